The Balaban J connectivity index is 1.96. The summed E-state index contributed by atoms with van der Waals surface area (Å²) in [6.45, 7) is 4.23. The summed E-state index contributed by atoms with van der Waals surface area (Å²) >= 11 is 0. The number of ether oxygens (including phenoxy) is 1. The molecule has 0 radical (unpaired) electrons. The second kappa shape index (κ2) is 6.67. The molecule has 2 unspecified atom stereocenters. The van der Waals surface area contributed by atoms with E-state index in [1.807, 2.05) is 13.0 Å². The van der Waals surface area contributed by atoms with Crippen molar-refractivity contribution in [3.63, 3.8) is 0 Å². The van der Waals surface area contributed by atoms with Crippen molar-refractivity contribution in [1.82, 2.24) is 4.90 Å². The molecular weight excluding hydrogens is 272 g/mol. The van der Waals surface area contributed by atoms with Crippen LogP contribution in [-0.2, 0) is 16.0 Å². The van der Waals surface area contributed by atoms with Crippen LogP contribution in [0.25, 0.3) is 0 Å². The molecule has 1 aliphatic heterocycles. The van der Waals surface area contributed by atoms with E-state index in [-0.39, 0.29) is 28.4 Å². The lowest BCUT2D eigenvalue weighted by atomic mass is 9.99. The highest BCUT2D eigenvalue weighted by atomic mass is 16.6. The molecule has 0 aliphatic carbocycles. The highest BCUT2D eigenvalue weighted by Crippen LogP contribution is 2.25. The van der Waals surface area contributed by atoms with Crippen LogP contribution < -0.4 is 0 Å². The zero-order valence-electron chi connectivity index (χ0n) is 12.3. The van der Waals surface area contributed by atoms with Crippen molar-refractivity contribution < 1.29 is 14.5 Å². The molecule has 0 saturated carbocycles. The summed E-state index contributed by atoms with van der Waals surface area (Å²) < 4.78 is 4.81. The van der Waals surface area contributed by atoms with E-state index in [9.17, 15) is 14.9 Å². The number of nitro benzene ring substituents is 1. The third-order valence-electron chi connectivity index (χ3n) is 4.08. The van der Waals surface area contributed by atoms with Crippen LogP contribution in [0, 0.1) is 22.0 Å². The highest BCUT2D eigenvalue weighted by Gasteiger charge is 2.35. The normalized spacial score (nSPS) is 22.2. The number of carbonyl (C=O) groups excluding carboxylic acids is 1. The second-order valence-corrected chi connectivity index (χ2v) is 5.50. The second-order valence-electron chi connectivity index (χ2n) is 5.50. The van der Waals surface area contributed by atoms with E-state index in [1.165, 1.54) is 13.2 Å². The average molecular weight is 292 g/mol. The van der Waals surface area contributed by atoms with Crippen molar-refractivity contribution in [3.8, 4) is 0 Å². The van der Waals surface area contributed by atoms with Gasteiger partial charge in [-0.3, -0.25) is 14.9 Å². The van der Waals surface area contributed by atoms with Crippen LogP contribution in [0.1, 0.15) is 12.5 Å². The van der Waals surface area contributed by atoms with E-state index in [1.54, 1.807) is 12.1 Å². The maximum atomic E-state index is 11.6. The molecule has 1 aliphatic rings. The van der Waals surface area contributed by atoms with E-state index < -0.39 is 0 Å². The van der Waals surface area contributed by atoms with Gasteiger partial charge in [0.1, 0.15) is 0 Å². The van der Waals surface area contributed by atoms with Crippen LogP contribution >= 0.6 is 0 Å². The predicted molar refractivity (Wildman–Crippen MR) is 77.9 cm³/mol. The number of likely N-dealkylation sites (tertiary alicyclic amines) is 1. The number of methoxy groups -OCH3 is 1. The van der Waals surface area contributed by atoms with Gasteiger partial charge in [-0.05, 0) is 12.3 Å². The summed E-state index contributed by atoms with van der Waals surface area (Å²) in [4.78, 5) is 24.5. The first-order valence-corrected chi connectivity index (χ1v) is 7.05. The van der Waals surface area contributed by atoms with Gasteiger partial charge in [-0.25, -0.2) is 0 Å². The molecule has 1 fully saturated rings. The molecule has 0 bridgehead atoms. The summed E-state index contributed by atoms with van der Waals surface area (Å²) in [7, 11) is 1.41. The smallest absolute Gasteiger partial charge is 0.310 e. The molecule has 21 heavy (non-hydrogen) atoms. The molecule has 6 nitrogen and oxygen atoms in total. The molecule has 114 valence electrons. The van der Waals surface area contributed by atoms with Gasteiger partial charge in [-0.1, -0.05) is 25.1 Å². The number of rotatable bonds is 5. The highest BCUT2D eigenvalue weighted by molar-refractivity contribution is 5.73. The van der Waals surface area contributed by atoms with Crippen LogP contribution in [0.4, 0.5) is 5.69 Å². The van der Waals surface area contributed by atoms with Crippen molar-refractivity contribution >= 4 is 11.7 Å². The molecule has 0 spiro atoms. The number of esters is 1. The molecule has 1 aromatic rings. The lowest BCUT2D eigenvalue weighted by molar-refractivity contribution is -0.385. The quantitative estimate of drug-likeness (QED) is 0.470. The zero-order chi connectivity index (χ0) is 15.4. The van der Waals surface area contributed by atoms with Gasteiger partial charge in [0, 0.05) is 31.3 Å². The predicted octanol–water partition coefficient (Wildman–Crippen LogP) is 1.88. The molecule has 0 amide bonds. The van der Waals surface area contributed by atoms with Crippen LogP contribution in [0.2, 0.25) is 0 Å². The largest absolute Gasteiger partial charge is 0.469 e. The third kappa shape index (κ3) is 3.58. The number of hydrogen-bond donors (Lipinski definition) is 0. The van der Waals surface area contributed by atoms with Crippen LogP contribution in [0.5, 0.6) is 0 Å². The first kappa shape index (κ1) is 15.4. The fourth-order valence-corrected chi connectivity index (χ4v) is 2.89. The van der Waals surface area contributed by atoms with Crippen molar-refractivity contribution in [2.45, 2.75) is 13.3 Å². The number of carbonyl (C=O) groups is 1. The Morgan fingerprint density at radius 2 is 2.14 bits per heavy atom. The number of nitrogens with zero attached hydrogens (tertiary/aromatic N) is 2. The fourth-order valence-electron chi connectivity index (χ4n) is 2.89. The number of hydrogen-bond acceptors (Lipinski definition) is 5. The summed E-state index contributed by atoms with van der Waals surface area (Å²) in [5, 5.41) is 11.0. The zero-order valence-corrected chi connectivity index (χ0v) is 12.3. The van der Waals surface area contributed by atoms with E-state index in [0.29, 0.717) is 19.5 Å². The van der Waals surface area contributed by atoms with Gasteiger partial charge in [0.15, 0.2) is 0 Å². The van der Waals surface area contributed by atoms with Gasteiger partial charge >= 0.3 is 5.97 Å². The van der Waals surface area contributed by atoms with Crippen LogP contribution in [-0.4, -0.2) is 42.5 Å². The van der Waals surface area contributed by atoms with Gasteiger partial charge < -0.3 is 9.64 Å². The number of benzene rings is 1. The molecular formula is C15H20N2O4. The first-order chi connectivity index (χ1) is 10.0. The third-order valence-corrected chi connectivity index (χ3v) is 4.08. The SMILES string of the molecule is COC(=O)C1CN(CCc2ccccc2[N+](=O)[O-])CC1C. The Hall–Kier alpha value is -1.95. The minimum Gasteiger partial charge on any atom is -0.469 e. The fraction of sp³-hybridized carbons (Fsp3) is 0.533. The molecule has 1 aromatic carbocycles. The molecule has 0 aromatic heterocycles. The number of para-hydroxylation sites is 1. The topological polar surface area (TPSA) is 72.7 Å². The monoisotopic (exact) mass is 292 g/mol. The Labute approximate surface area is 123 Å². The van der Waals surface area contributed by atoms with Crippen LogP contribution in [0.15, 0.2) is 24.3 Å². The standard InChI is InChI=1S/C15H20N2O4/c1-11-9-16(10-13(11)15(18)21-2)8-7-12-5-3-4-6-14(12)17(19)20/h3-6,11,13H,7-10H2,1-2H3. The van der Waals surface area contributed by atoms with E-state index >= 15 is 0 Å². The maximum Gasteiger partial charge on any atom is 0.310 e. The maximum absolute atomic E-state index is 11.6. The number of nitro groups is 1. The molecule has 1 heterocycles. The Bertz CT molecular complexity index is 532. The lowest BCUT2D eigenvalue weighted by Crippen LogP contribution is -2.26. The Kier molecular flexibility index (Phi) is 4.90. The summed E-state index contributed by atoms with van der Waals surface area (Å²) in [6, 6.07) is 6.80. The van der Waals surface area contributed by atoms with Gasteiger partial charge in [0.05, 0.1) is 18.0 Å². The van der Waals surface area contributed by atoms with Gasteiger partial charge in [-0.15, -0.1) is 0 Å². The van der Waals surface area contributed by atoms with Gasteiger partial charge in [0.2, 0.25) is 0 Å². The van der Waals surface area contributed by atoms with Crippen molar-refractivity contribution in [3.05, 3.63) is 39.9 Å². The Morgan fingerprint density at radius 3 is 2.81 bits per heavy atom. The average Bonchev–Trinajstić information content (AvgIpc) is 2.85. The van der Waals surface area contributed by atoms with Gasteiger partial charge in [-0.2, -0.15) is 0 Å². The first-order valence-electron chi connectivity index (χ1n) is 7.05. The lowest BCUT2D eigenvalue weighted by Gasteiger charge is -2.15. The summed E-state index contributed by atoms with van der Waals surface area (Å²) in [5.74, 6) is -0.0142. The Morgan fingerprint density at radius 1 is 1.43 bits per heavy atom. The minimum atomic E-state index is -0.348. The minimum absolute atomic E-state index is 0.0965. The van der Waals surface area contributed by atoms with Crippen LogP contribution in [0.3, 0.4) is 0 Å². The molecule has 6 heteroatoms. The summed E-state index contributed by atoms with van der Waals surface area (Å²) in [6.07, 6.45) is 0.609. The van der Waals surface area contributed by atoms with Gasteiger partial charge in [0.25, 0.3) is 5.69 Å². The van der Waals surface area contributed by atoms with Crippen molar-refractivity contribution in [2.24, 2.45) is 11.8 Å². The van der Waals surface area contributed by atoms with Crippen molar-refractivity contribution in [1.29, 1.82) is 0 Å². The van der Waals surface area contributed by atoms with E-state index in [2.05, 4.69) is 4.90 Å². The van der Waals surface area contributed by atoms with E-state index in [4.69, 9.17) is 4.74 Å². The summed E-state index contributed by atoms with van der Waals surface area (Å²) in [5.41, 5.74) is 0.894. The molecule has 2 atom stereocenters. The van der Waals surface area contributed by atoms with E-state index in [0.717, 1.165) is 12.1 Å². The molecule has 2 rings (SSSR count). The van der Waals surface area contributed by atoms with Crippen molar-refractivity contribution in [2.75, 3.05) is 26.7 Å². The molecule has 1 saturated heterocycles. The molecule has 0 N–H and O–H groups in total.